The third-order valence-electron chi connectivity index (χ3n) is 3.49. The molecule has 1 unspecified atom stereocenters. The van der Waals surface area contributed by atoms with E-state index in [9.17, 15) is 4.79 Å². The average molecular weight is 215 g/mol. The van der Waals surface area contributed by atoms with Crippen molar-refractivity contribution in [3.8, 4) is 0 Å². The zero-order chi connectivity index (χ0) is 11.3. The van der Waals surface area contributed by atoms with Crippen molar-refractivity contribution in [2.45, 2.75) is 25.8 Å². The summed E-state index contributed by atoms with van der Waals surface area (Å²) in [6, 6.07) is 8.19. The van der Waals surface area contributed by atoms with Gasteiger partial charge in [0.25, 0.3) is 0 Å². The molecule has 2 aromatic rings. The normalized spacial score (nSPS) is 18.9. The molecule has 0 aliphatic carbocycles. The molecule has 1 atom stereocenters. The van der Waals surface area contributed by atoms with Crippen molar-refractivity contribution in [1.82, 2.24) is 4.57 Å². The Labute approximate surface area is 93.3 Å². The van der Waals surface area contributed by atoms with Gasteiger partial charge in [-0.15, -0.1) is 0 Å². The molecule has 82 valence electrons. The molecule has 0 spiro atoms. The Balaban J connectivity index is 2.28. The molecular weight excluding hydrogens is 202 g/mol. The van der Waals surface area contributed by atoms with Crippen molar-refractivity contribution in [2.75, 3.05) is 0 Å². The summed E-state index contributed by atoms with van der Waals surface area (Å²) in [7, 11) is 0. The molecule has 16 heavy (non-hydrogen) atoms. The lowest BCUT2D eigenvalue weighted by atomic mass is 10.0. The number of benzene rings is 1. The first kappa shape index (κ1) is 9.46. The van der Waals surface area contributed by atoms with E-state index in [1.807, 2.05) is 12.1 Å². The summed E-state index contributed by atoms with van der Waals surface area (Å²) < 4.78 is 2.14. The fourth-order valence-electron chi connectivity index (χ4n) is 2.65. The molecule has 1 aromatic carbocycles. The second kappa shape index (κ2) is 3.11. The zero-order valence-corrected chi connectivity index (χ0v) is 9.10. The summed E-state index contributed by atoms with van der Waals surface area (Å²) in [5.74, 6) is -1.04. The number of aryl methyl sites for hydroxylation is 2. The minimum Gasteiger partial charge on any atom is -0.481 e. The van der Waals surface area contributed by atoms with E-state index < -0.39 is 5.97 Å². The van der Waals surface area contributed by atoms with Crippen LogP contribution in [-0.4, -0.2) is 15.6 Å². The van der Waals surface area contributed by atoms with Gasteiger partial charge in [0.15, 0.2) is 0 Å². The molecule has 1 aromatic heterocycles. The monoisotopic (exact) mass is 215 g/mol. The molecule has 0 bridgehead atoms. The summed E-state index contributed by atoms with van der Waals surface area (Å²) in [6.07, 6.45) is 0.717. The number of hydrogen-bond acceptors (Lipinski definition) is 1. The van der Waals surface area contributed by atoms with Gasteiger partial charge in [0.05, 0.1) is 5.92 Å². The molecule has 2 heterocycles. The van der Waals surface area contributed by atoms with Crippen LogP contribution in [0.2, 0.25) is 0 Å². The number of aromatic nitrogens is 1. The highest BCUT2D eigenvalue weighted by molar-refractivity contribution is 5.87. The maximum Gasteiger partial charge on any atom is 0.312 e. The van der Waals surface area contributed by atoms with E-state index in [1.54, 1.807) is 0 Å². The van der Waals surface area contributed by atoms with Gasteiger partial charge < -0.3 is 9.67 Å². The van der Waals surface area contributed by atoms with Crippen LogP contribution in [0, 0.1) is 6.92 Å². The highest BCUT2D eigenvalue weighted by Gasteiger charge is 2.30. The molecule has 0 fully saturated rings. The van der Waals surface area contributed by atoms with Crippen LogP contribution < -0.4 is 0 Å². The van der Waals surface area contributed by atoms with Gasteiger partial charge in [-0.1, -0.05) is 12.1 Å². The van der Waals surface area contributed by atoms with Crippen LogP contribution in [0.5, 0.6) is 0 Å². The van der Waals surface area contributed by atoms with E-state index in [0.29, 0.717) is 6.42 Å². The summed E-state index contributed by atoms with van der Waals surface area (Å²) in [5, 5.41) is 10.3. The Kier molecular flexibility index (Phi) is 1.84. The van der Waals surface area contributed by atoms with E-state index >= 15 is 0 Å². The number of aliphatic carboxylic acids is 1. The van der Waals surface area contributed by atoms with Gasteiger partial charge in [0, 0.05) is 23.1 Å². The zero-order valence-electron chi connectivity index (χ0n) is 9.10. The van der Waals surface area contributed by atoms with Crippen LogP contribution in [-0.2, 0) is 11.3 Å². The van der Waals surface area contributed by atoms with E-state index in [4.69, 9.17) is 5.11 Å². The topological polar surface area (TPSA) is 42.2 Å². The molecule has 0 radical (unpaired) electrons. The van der Waals surface area contributed by atoms with Crippen LogP contribution in [0.15, 0.2) is 24.3 Å². The van der Waals surface area contributed by atoms with Crippen LogP contribution >= 0.6 is 0 Å². The molecule has 1 aliphatic heterocycles. The van der Waals surface area contributed by atoms with Gasteiger partial charge in [0.1, 0.15) is 0 Å². The predicted molar refractivity (Wildman–Crippen MR) is 61.7 cm³/mol. The van der Waals surface area contributed by atoms with Gasteiger partial charge in [-0.05, 0) is 31.0 Å². The van der Waals surface area contributed by atoms with Crippen LogP contribution in [0.25, 0.3) is 10.9 Å². The lowest BCUT2D eigenvalue weighted by Gasteiger charge is -2.00. The first-order chi connectivity index (χ1) is 7.68. The third kappa shape index (κ3) is 1.11. The summed E-state index contributed by atoms with van der Waals surface area (Å²) in [5.41, 5.74) is 3.33. The summed E-state index contributed by atoms with van der Waals surface area (Å²) in [6.45, 7) is 2.88. The maximum absolute atomic E-state index is 11.1. The van der Waals surface area contributed by atoms with Crippen LogP contribution in [0.4, 0.5) is 0 Å². The van der Waals surface area contributed by atoms with Crippen molar-refractivity contribution in [1.29, 1.82) is 0 Å². The van der Waals surface area contributed by atoms with E-state index in [-0.39, 0.29) is 5.92 Å². The van der Waals surface area contributed by atoms with Gasteiger partial charge >= 0.3 is 5.97 Å². The molecular formula is C13H13NO2. The first-order valence-corrected chi connectivity index (χ1v) is 5.50. The standard InChI is InChI=1S/C13H13NO2/c1-8-3-2-4-11-10(8)7-12-9(13(15)16)5-6-14(11)12/h2-4,7,9H,5-6H2,1H3,(H,15,16). The molecule has 1 aliphatic rings. The quantitative estimate of drug-likeness (QED) is 0.794. The number of fused-ring (bicyclic) bond motifs is 3. The Morgan fingerprint density at radius 2 is 2.31 bits per heavy atom. The van der Waals surface area contributed by atoms with E-state index in [1.165, 1.54) is 16.5 Å². The number of carbonyl (C=O) groups is 1. The fourth-order valence-corrected chi connectivity index (χ4v) is 2.65. The summed E-state index contributed by atoms with van der Waals surface area (Å²) in [4.78, 5) is 11.1. The minimum atomic E-state index is -0.709. The van der Waals surface area contributed by atoms with E-state index in [0.717, 1.165) is 12.2 Å². The SMILES string of the molecule is Cc1cccc2c1cc1n2CCC1C(=O)O. The minimum absolute atomic E-state index is 0.327. The van der Waals surface area contributed by atoms with Crippen molar-refractivity contribution in [3.63, 3.8) is 0 Å². The molecule has 3 heteroatoms. The molecule has 0 amide bonds. The average Bonchev–Trinajstić information content (AvgIpc) is 2.76. The molecule has 0 saturated carbocycles. The number of carboxylic acid groups (broad SMARTS) is 1. The number of hydrogen-bond donors (Lipinski definition) is 1. The molecule has 3 rings (SSSR count). The Morgan fingerprint density at radius 1 is 1.50 bits per heavy atom. The second-order valence-corrected chi connectivity index (χ2v) is 4.41. The second-order valence-electron chi connectivity index (χ2n) is 4.41. The maximum atomic E-state index is 11.1. The highest BCUT2D eigenvalue weighted by Crippen LogP contribution is 2.35. The fraction of sp³-hybridized carbons (Fsp3) is 0.308. The molecule has 3 nitrogen and oxygen atoms in total. The smallest absolute Gasteiger partial charge is 0.312 e. The third-order valence-corrected chi connectivity index (χ3v) is 3.49. The lowest BCUT2D eigenvalue weighted by Crippen LogP contribution is -2.07. The Bertz CT molecular complexity index is 583. The van der Waals surface area contributed by atoms with Gasteiger partial charge in [-0.25, -0.2) is 0 Å². The largest absolute Gasteiger partial charge is 0.481 e. The Hall–Kier alpha value is -1.77. The lowest BCUT2D eigenvalue weighted by molar-refractivity contribution is -0.138. The molecule has 1 N–H and O–H groups in total. The predicted octanol–water partition coefficient (Wildman–Crippen LogP) is 2.52. The van der Waals surface area contributed by atoms with E-state index in [2.05, 4.69) is 23.6 Å². The van der Waals surface area contributed by atoms with Crippen LogP contribution in [0.1, 0.15) is 23.6 Å². The molecule has 0 saturated heterocycles. The first-order valence-electron chi connectivity index (χ1n) is 5.50. The van der Waals surface area contributed by atoms with Crippen molar-refractivity contribution < 1.29 is 9.90 Å². The number of carboxylic acids is 1. The van der Waals surface area contributed by atoms with Gasteiger partial charge in [-0.3, -0.25) is 4.79 Å². The van der Waals surface area contributed by atoms with Crippen molar-refractivity contribution in [2.24, 2.45) is 0 Å². The Morgan fingerprint density at radius 3 is 3.06 bits per heavy atom. The van der Waals surface area contributed by atoms with Gasteiger partial charge in [0.2, 0.25) is 0 Å². The highest BCUT2D eigenvalue weighted by atomic mass is 16.4. The number of rotatable bonds is 1. The van der Waals surface area contributed by atoms with Crippen LogP contribution in [0.3, 0.4) is 0 Å². The summed E-state index contributed by atoms with van der Waals surface area (Å²) >= 11 is 0. The van der Waals surface area contributed by atoms with Crippen molar-refractivity contribution >= 4 is 16.9 Å². The van der Waals surface area contributed by atoms with Gasteiger partial charge in [-0.2, -0.15) is 0 Å². The number of nitrogens with zero attached hydrogens (tertiary/aromatic N) is 1. The van der Waals surface area contributed by atoms with Crippen molar-refractivity contribution in [3.05, 3.63) is 35.5 Å².